The van der Waals surface area contributed by atoms with Gasteiger partial charge < -0.3 is 0 Å². The summed E-state index contributed by atoms with van der Waals surface area (Å²) in [5.74, 6) is -0.695. The van der Waals surface area contributed by atoms with Crippen LogP contribution in [0.2, 0.25) is 5.02 Å². The Hall–Kier alpha value is -3.32. The molecular weight excluding hydrogens is 533 g/mol. The third-order valence-corrected chi connectivity index (χ3v) is 8.65. The number of esters is 1. The van der Waals surface area contributed by atoms with Crippen LogP contribution < -0.4 is 10.9 Å². The van der Waals surface area contributed by atoms with Crippen LogP contribution in [0.15, 0.2) is 41.2 Å². The van der Waals surface area contributed by atoms with E-state index in [9.17, 15) is 14.4 Å². The van der Waals surface area contributed by atoms with E-state index in [1.165, 1.54) is 0 Å². The summed E-state index contributed by atoms with van der Waals surface area (Å²) in [5.41, 5.74) is 5.32. The molecule has 2 N–H and O–H groups in total. The summed E-state index contributed by atoms with van der Waals surface area (Å²) in [7, 11) is 0. The van der Waals surface area contributed by atoms with Crippen molar-refractivity contribution >= 4 is 65.2 Å². The Morgan fingerprint density at radius 2 is 1.94 bits per heavy atom. The number of aromatic amines is 1. The van der Waals surface area contributed by atoms with Crippen molar-refractivity contribution in [3.8, 4) is 0 Å². The number of halogens is 1. The van der Waals surface area contributed by atoms with E-state index >= 15 is 0 Å². The molecule has 2 aromatic heterocycles. The number of nitrogens with zero attached hydrogens (tertiary/aromatic N) is 1. The van der Waals surface area contributed by atoms with Crippen molar-refractivity contribution in [2.24, 2.45) is 0 Å². The van der Waals surface area contributed by atoms with E-state index < -0.39 is 5.97 Å². The van der Waals surface area contributed by atoms with E-state index in [1.807, 2.05) is 32.0 Å². The summed E-state index contributed by atoms with van der Waals surface area (Å²) < 4.78 is 8.34. The maximum atomic E-state index is 12.9. The average molecular weight is 555 g/mol. The normalized spacial score (nSPS) is 13.9. The van der Waals surface area contributed by atoms with Gasteiger partial charge >= 0.3 is 184 Å². The van der Waals surface area contributed by atoms with Gasteiger partial charge in [0.05, 0.1) is 0 Å². The van der Waals surface area contributed by atoms with Gasteiger partial charge in [-0.1, -0.05) is 11.6 Å². The van der Waals surface area contributed by atoms with E-state index in [-0.39, 0.29) is 32.8 Å². The van der Waals surface area contributed by atoms with Gasteiger partial charge in [-0.2, -0.15) is 0 Å². The molecule has 5 rings (SSSR count). The fraction of sp³-hybridized carbons (Fsp3) is 0.192. The SMILES string of the molecule is Cc1ccc2[se]n(CCOC(=O)c3c(C)[nH]c(/C=C4\C(=O)Nc5ccc(Cl)cc54)c3C)c(=O)c2c1. The number of carbonyl (C=O) groups is 2. The molecule has 1 aliphatic heterocycles. The number of anilines is 1. The van der Waals surface area contributed by atoms with Gasteiger partial charge in [0, 0.05) is 5.02 Å². The molecule has 2 aromatic carbocycles. The minimum atomic E-state index is -0.465. The van der Waals surface area contributed by atoms with Crippen LogP contribution >= 0.6 is 11.6 Å². The molecule has 0 unspecified atom stereocenters. The molecule has 35 heavy (non-hydrogen) atoms. The van der Waals surface area contributed by atoms with Crippen LogP contribution in [0.4, 0.5) is 5.69 Å². The van der Waals surface area contributed by atoms with Crippen LogP contribution in [0.3, 0.4) is 0 Å². The summed E-state index contributed by atoms with van der Waals surface area (Å²) in [4.78, 5) is 41.3. The van der Waals surface area contributed by atoms with Crippen LogP contribution in [0.25, 0.3) is 21.3 Å². The number of amides is 1. The second-order valence-corrected chi connectivity index (χ2v) is 11.2. The summed E-state index contributed by atoms with van der Waals surface area (Å²) in [6, 6.07) is 11.1. The van der Waals surface area contributed by atoms with Crippen molar-refractivity contribution in [2.45, 2.75) is 27.3 Å². The number of ether oxygens (including phenoxy) is 1. The van der Waals surface area contributed by atoms with E-state index in [1.54, 1.807) is 34.8 Å². The second kappa shape index (κ2) is 9.04. The molecule has 0 saturated heterocycles. The van der Waals surface area contributed by atoms with E-state index in [0.29, 0.717) is 50.9 Å². The Bertz CT molecular complexity index is 1610. The molecule has 0 atom stereocenters. The van der Waals surface area contributed by atoms with Crippen molar-refractivity contribution in [3.05, 3.63) is 85.4 Å². The average Bonchev–Trinajstić information content (AvgIpc) is 3.39. The third-order valence-electron chi connectivity index (χ3n) is 6.06. The topological polar surface area (TPSA) is 93.2 Å². The zero-order valence-electron chi connectivity index (χ0n) is 19.3. The first kappa shape index (κ1) is 23.4. The quantitative estimate of drug-likeness (QED) is 0.218. The number of fused-ring (bicyclic) bond motifs is 2. The van der Waals surface area contributed by atoms with Crippen LogP contribution in [-0.4, -0.2) is 41.8 Å². The van der Waals surface area contributed by atoms with Gasteiger partial charge in [0.15, 0.2) is 0 Å². The number of hydrogen-bond donors (Lipinski definition) is 2. The number of hydrogen-bond acceptors (Lipinski definition) is 4. The van der Waals surface area contributed by atoms with Gasteiger partial charge in [0.1, 0.15) is 0 Å². The predicted molar refractivity (Wildman–Crippen MR) is 138 cm³/mol. The molecular formula is C26H22ClN3O4Se. The number of rotatable bonds is 5. The van der Waals surface area contributed by atoms with E-state index in [4.69, 9.17) is 16.3 Å². The van der Waals surface area contributed by atoms with Gasteiger partial charge in [-0.3, -0.25) is 0 Å². The third kappa shape index (κ3) is 4.29. The molecule has 4 aromatic rings. The van der Waals surface area contributed by atoms with Crippen molar-refractivity contribution in [3.63, 3.8) is 0 Å². The molecule has 0 saturated carbocycles. The number of benzene rings is 2. The van der Waals surface area contributed by atoms with Crippen molar-refractivity contribution in [1.82, 2.24) is 8.55 Å². The molecule has 0 radical (unpaired) electrons. The first-order valence-electron chi connectivity index (χ1n) is 11.0. The molecule has 0 spiro atoms. The second-order valence-electron chi connectivity index (χ2n) is 8.50. The number of nitrogens with one attached hydrogen (secondary N) is 2. The number of H-pyrrole nitrogens is 1. The predicted octanol–water partition coefficient (Wildman–Crippen LogP) is 4.31. The maximum absolute atomic E-state index is 12.9. The van der Waals surface area contributed by atoms with Gasteiger partial charge in [0.25, 0.3) is 0 Å². The Labute approximate surface area is 212 Å². The molecule has 7 nitrogen and oxygen atoms in total. The standard InChI is InChI=1S/C26H22ClN3O4Se/c1-13-4-7-22-19(10-13)25(32)30(35-22)8-9-34-26(33)23-14(2)21(28-15(23)3)12-18-17-11-16(27)5-6-20(17)29-24(18)31/h4-7,10-12,28H,8-9H2,1-3H3,(H,29,31)/b18-12-. The first-order valence-corrected chi connectivity index (χ1v) is 13.0. The van der Waals surface area contributed by atoms with Gasteiger partial charge in [-0.15, -0.1) is 0 Å². The number of carbonyl (C=O) groups excluding carboxylic acids is 2. The Kier molecular flexibility index (Phi) is 6.05. The Morgan fingerprint density at radius 3 is 2.74 bits per heavy atom. The summed E-state index contributed by atoms with van der Waals surface area (Å²) in [6.07, 6.45) is 1.72. The molecule has 0 aliphatic carbocycles. The number of aromatic nitrogens is 2. The Balaban J connectivity index is 1.34. The summed E-state index contributed by atoms with van der Waals surface area (Å²) in [5, 5.41) is 4.10. The van der Waals surface area contributed by atoms with Crippen LogP contribution in [0.1, 0.15) is 38.4 Å². The summed E-state index contributed by atoms with van der Waals surface area (Å²) >= 11 is 6.00. The van der Waals surface area contributed by atoms with Gasteiger partial charge in [-0.05, 0) is 12.1 Å². The van der Waals surface area contributed by atoms with Crippen LogP contribution in [0, 0.1) is 20.8 Å². The minimum absolute atomic E-state index is 0.0158. The zero-order chi connectivity index (χ0) is 24.9. The van der Waals surface area contributed by atoms with Gasteiger partial charge in [-0.25, -0.2) is 0 Å². The molecule has 9 heteroatoms. The monoisotopic (exact) mass is 555 g/mol. The van der Waals surface area contributed by atoms with E-state index in [0.717, 1.165) is 15.2 Å². The molecule has 0 bridgehead atoms. The molecule has 1 aliphatic rings. The van der Waals surface area contributed by atoms with Gasteiger partial charge in [0.2, 0.25) is 0 Å². The Morgan fingerprint density at radius 1 is 1.14 bits per heavy atom. The molecule has 1 amide bonds. The van der Waals surface area contributed by atoms with Crippen LogP contribution in [-0.2, 0) is 16.1 Å². The van der Waals surface area contributed by atoms with Crippen molar-refractivity contribution < 1.29 is 14.3 Å². The van der Waals surface area contributed by atoms with Crippen molar-refractivity contribution in [2.75, 3.05) is 11.9 Å². The fourth-order valence-corrected chi connectivity index (χ4v) is 6.48. The van der Waals surface area contributed by atoms with Crippen LogP contribution in [0.5, 0.6) is 0 Å². The molecule has 3 heterocycles. The number of aryl methyl sites for hydroxylation is 2. The first-order chi connectivity index (χ1) is 16.7. The van der Waals surface area contributed by atoms with E-state index in [2.05, 4.69) is 10.3 Å². The van der Waals surface area contributed by atoms with Crippen molar-refractivity contribution in [1.29, 1.82) is 0 Å². The molecule has 178 valence electrons. The molecule has 0 fully saturated rings. The fourth-order valence-electron chi connectivity index (χ4n) is 4.30. The summed E-state index contributed by atoms with van der Waals surface area (Å²) in [6.45, 7) is 6.01. The zero-order valence-corrected chi connectivity index (χ0v) is 21.8.